The summed E-state index contributed by atoms with van der Waals surface area (Å²) in [4.78, 5) is 8.60. The number of rotatable bonds is 2. The van der Waals surface area contributed by atoms with Crippen LogP contribution in [0.2, 0.25) is 0 Å². The lowest BCUT2D eigenvalue weighted by atomic mass is 9.96. The lowest BCUT2D eigenvalue weighted by molar-refractivity contribution is 0.444. The van der Waals surface area contributed by atoms with Crippen LogP contribution in [-0.2, 0) is 5.41 Å². The SMILES string of the molecule is Cc1cc(Oc2ccnc(C(C)(C)C)n2)ccc1F. The van der Waals surface area contributed by atoms with E-state index in [0.717, 1.165) is 0 Å². The Morgan fingerprint density at radius 3 is 2.53 bits per heavy atom. The quantitative estimate of drug-likeness (QED) is 0.818. The number of hydrogen-bond donors (Lipinski definition) is 0. The van der Waals surface area contributed by atoms with Crippen LogP contribution in [0.1, 0.15) is 32.2 Å². The van der Waals surface area contributed by atoms with E-state index in [0.29, 0.717) is 23.0 Å². The minimum atomic E-state index is -0.245. The first-order chi connectivity index (χ1) is 8.86. The van der Waals surface area contributed by atoms with Crippen molar-refractivity contribution in [2.75, 3.05) is 0 Å². The highest BCUT2D eigenvalue weighted by Crippen LogP contribution is 2.24. The van der Waals surface area contributed by atoms with Crippen LogP contribution in [0, 0.1) is 12.7 Å². The van der Waals surface area contributed by atoms with Crippen LogP contribution in [0.5, 0.6) is 11.6 Å². The standard InChI is InChI=1S/C15H17FN2O/c1-10-9-11(5-6-12(10)16)19-13-7-8-17-14(18-13)15(2,3)4/h5-9H,1-4H3. The van der Waals surface area contributed by atoms with Gasteiger partial charge in [0.15, 0.2) is 0 Å². The van der Waals surface area contributed by atoms with Crippen LogP contribution in [0.15, 0.2) is 30.5 Å². The first-order valence-electron chi connectivity index (χ1n) is 6.14. The van der Waals surface area contributed by atoms with Crippen LogP contribution in [-0.4, -0.2) is 9.97 Å². The molecule has 0 aliphatic heterocycles. The molecular weight excluding hydrogens is 243 g/mol. The topological polar surface area (TPSA) is 35.0 Å². The van der Waals surface area contributed by atoms with Gasteiger partial charge in [0.05, 0.1) is 0 Å². The van der Waals surface area contributed by atoms with E-state index in [2.05, 4.69) is 9.97 Å². The van der Waals surface area contributed by atoms with Gasteiger partial charge in [-0.15, -0.1) is 0 Å². The fourth-order valence-corrected chi connectivity index (χ4v) is 1.56. The van der Waals surface area contributed by atoms with Crippen molar-refractivity contribution in [3.8, 4) is 11.6 Å². The maximum atomic E-state index is 13.2. The van der Waals surface area contributed by atoms with E-state index in [-0.39, 0.29) is 11.2 Å². The highest BCUT2D eigenvalue weighted by Gasteiger charge is 2.17. The molecule has 0 saturated heterocycles. The van der Waals surface area contributed by atoms with Gasteiger partial charge in [-0.05, 0) is 30.7 Å². The van der Waals surface area contributed by atoms with Gasteiger partial charge in [0.1, 0.15) is 17.4 Å². The second kappa shape index (κ2) is 4.96. The monoisotopic (exact) mass is 260 g/mol. The predicted molar refractivity (Wildman–Crippen MR) is 71.9 cm³/mol. The molecule has 0 saturated carbocycles. The van der Waals surface area contributed by atoms with Gasteiger partial charge < -0.3 is 4.74 Å². The van der Waals surface area contributed by atoms with Gasteiger partial charge in [-0.3, -0.25) is 0 Å². The van der Waals surface area contributed by atoms with E-state index < -0.39 is 0 Å². The summed E-state index contributed by atoms with van der Waals surface area (Å²) < 4.78 is 18.8. The Hall–Kier alpha value is -1.97. The number of ether oxygens (including phenoxy) is 1. The minimum Gasteiger partial charge on any atom is -0.439 e. The summed E-state index contributed by atoms with van der Waals surface area (Å²) in [6, 6.07) is 6.31. The van der Waals surface area contributed by atoms with Crippen molar-refractivity contribution in [2.24, 2.45) is 0 Å². The molecule has 19 heavy (non-hydrogen) atoms. The van der Waals surface area contributed by atoms with Crippen LogP contribution in [0.4, 0.5) is 4.39 Å². The molecule has 2 rings (SSSR count). The number of aromatic nitrogens is 2. The number of benzene rings is 1. The van der Waals surface area contributed by atoms with Crippen molar-refractivity contribution in [2.45, 2.75) is 33.1 Å². The van der Waals surface area contributed by atoms with Crippen LogP contribution in [0.3, 0.4) is 0 Å². The van der Waals surface area contributed by atoms with Gasteiger partial charge >= 0.3 is 0 Å². The van der Waals surface area contributed by atoms with Crippen LogP contribution < -0.4 is 4.74 Å². The first-order valence-corrected chi connectivity index (χ1v) is 6.14. The average molecular weight is 260 g/mol. The van der Waals surface area contributed by atoms with Gasteiger partial charge in [0, 0.05) is 17.7 Å². The molecule has 0 aliphatic rings. The molecule has 4 heteroatoms. The maximum Gasteiger partial charge on any atom is 0.222 e. The number of hydrogen-bond acceptors (Lipinski definition) is 3. The molecule has 1 aromatic carbocycles. The van der Waals surface area contributed by atoms with Crippen molar-refractivity contribution in [3.05, 3.63) is 47.7 Å². The van der Waals surface area contributed by atoms with E-state index >= 15 is 0 Å². The van der Waals surface area contributed by atoms with E-state index in [4.69, 9.17) is 4.74 Å². The lowest BCUT2D eigenvalue weighted by Crippen LogP contribution is -2.15. The Balaban J connectivity index is 2.26. The zero-order valence-corrected chi connectivity index (χ0v) is 11.6. The Labute approximate surface area is 112 Å². The van der Waals surface area contributed by atoms with Crippen LogP contribution >= 0.6 is 0 Å². The lowest BCUT2D eigenvalue weighted by Gasteiger charge is -2.16. The van der Waals surface area contributed by atoms with Crippen LogP contribution in [0.25, 0.3) is 0 Å². The molecule has 0 aliphatic carbocycles. The summed E-state index contributed by atoms with van der Waals surface area (Å²) in [6.07, 6.45) is 1.67. The van der Waals surface area contributed by atoms with Gasteiger partial charge in [0.2, 0.25) is 5.88 Å². The molecule has 0 atom stereocenters. The Morgan fingerprint density at radius 1 is 1.16 bits per heavy atom. The summed E-state index contributed by atoms with van der Waals surface area (Å²) >= 11 is 0. The molecule has 0 fully saturated rings. The Kier molecular flexibility index (Phi) is 3.51. The third-order valence-corrected chi connectivity index (χ3v) is 2.65. The number of nitrogens with zero attached hydrogens (tertiary/aromatic N) is 2. The maximum absolute atomic E-state index is 13.2. The molecule has 0 bridgehead atoms. The second-order valence-corrected chi connectivity index (χ2v) is 5.48. The summed E-state index contributed by atoms with van der Waals surface area (Å²) in [5.74, 6) is 1.50. The third-order valence-electron chi connectivity index (χ3n) is 2.65. The fraction of sp³-hybridized carbons (Fsp3) is 0.333. The van der Waals surface area contributed by atoms with Crippen molar-refractivity contribution in [1.82, 2.24) is 9.97 Å². The average Bonchev–Trinajstić information content (AvgIpc) is 2.33. The zero-order valence-electron chi connectivity index (χ0n) is 11.6. The number of aryl methyl sites for hydroxylation is 1. The summed E-state index contributed by atoms with van der Waals surface area (Å²) in [5.41, 5.74) is 0.403. The largest absolute Gasteiger partial charge is 0.439 e. The van der Waals surface area contributed by atoms with E-state index in [1.807, 2.05) is 20.8 Å². The summed E-state index contributed by atoms with van der Waals surface area (Å²) in [6.45, 7) is 7.80. The molecule has 1 aromatic heterocycles. The summed E-state index contributed by atoms with van der Waals surface area (Å²) in [5, 5.41) is 0. The van der Waals surface area contributed by atoms with Crippen molar-refractivity contribution in [3.63, 3.8) is 0 Å². The molecule has 0 radical (unpaired) electrons. The molecule has 1 heterocycles. The molecule has 100 valence electrons. The Morgan fingerprint density at radius 2 is 1.89 bits per heavy atom. The summed E-state index contributed by atoms with van der Waals surface area (Å²) in [7, 11) is 0. The van der Waals surface area contributed by atoms with E-state index in [9.17, 15) is 4.39 Å². The van der Waals surface area contributed by atoms with Gasteiger partial charge in [-0.25, -0.2) is 9.37 Å². The van der Waals surface area contributed by atoms with E-state index in [1.165, 1.54) is 6.07 Å². The van der Waals surface area contributed by atoms with E-state index in [1.54, 1.807) is 31.3 Å². The molecule has 2 aromatic rings. The second-order valence-electron chi connectivity index (χ2n) is 5.48. The molecular formula is C15H17FN2O. The molecule has 0 amide bonds. The normalized spacial score (nSPS) is 11.4. The molecule has 3 nitrogen and oxygen atoms in total. The van der Waals surface area contributed by atoms with Crippen molar-refractivity contribution >= 4 is 0 Å². The van der Waals surface area contributed by atoms with Gasteiger partial charge in [-0.2, -0.15) is 4.98 Å². The molecule has 0 N–H and O–H groups in total. The third kappa shape index (κ3) is 3.28. The highest BCUT2D eigenvalue weighted by atomic mass is 19.1. The van der Waals surface area contributed by atoms with Gasteiger partial charge in [-0.1, -0.05) is 20.8 Å². The smallest absolute Gasteiger partial charge is 0.222 e. The molecule has 0 spiro atoms. The highest BCUT2D eigenvalue weighted by molar-refractivity contribution is 5.31. The molecule has 0 unspecified atom stereocenters. The number of halogens is 1. The Bertz CT molecular complexity index is 591. The zero-order chi connectivity index (χ0) is 14.0. The first kappa shape index (κ1) is 13.5. The van der Waals surface area contributed by atoms with Gasteiger partial charge in [0.25, 0.3) is 0 Å². The minimum absolute atomic E-state index is 0.141. The van der Waals surface area contributed by atoms with Crippen molar-refractivity contribution in [1.29, 1.82) is 0 Å². The predicted octanol–water partition coefficient (Wildman–Crippen LogP) is 4.01. The van der Waals surface area contributed by atoms with Crippen molar-refractivity contribution < 1.29 is 9.13 Å². The fourth-order valence-electron chi connectivity index (χ4n) is 1.56.